The lowest BCUT2D eigenvalue weighted by Crippen LogP contribution is -2.01. The molecular weight excluding hydrogens is 132 g/mol. The first kappa shape index (κ1) is 9.14. The fraction of sp³-hybridized carbons (Fsp3) is 1.00. The van der Waals surface area contributed by atoms with Gasteiger partial charge in [0.1, 0.15) is 6.10 Å². The summed E-state index contributed by atoms with van der Waals surface area (Å²) in [6, 6.07) is 0. The van der Waals surface area contributed by atoms with E-state index in [1.807, 2.05) is 0 Å². The highest BCUT2D eigenvalue weighted by Gasteiger charge is 2.21. The SMILES string of the molecule is CCCOCC1CO1.[SiH4]. The van der Waals surface area contributed by atoms with Gasteiger partial charge in [-0.05, 0) is 17.4 Å². The maximum atomic E-state index is 5.18. The molecule has 1 unspecified atom stereocenters. The molecule has 0 amide bonds. The first-order valence-electron chi connectivity index (χ1n) is 3.13. The number of hydrogen-bond acceptors (Lipinski definition) is 2. The van der Waals surface area contributed by atoms with Crippen molar-refractivity contribution < 1.29 is 9.47 Å². The van der Waals surface area contributed by atoms with Crippen molar-refractivity contribution in [2.24, 2.45) is 0 Å². The van der Waals surface area contributed by atoms with Crippen LogP contribution in [0.2, 0.25) is 0 Å². The predicted molar refractivity (Wildman–Crippen MR) is 42.2 cm³/mol. The molecule has 1 fully saturated rings. The quantitative estimate of drug-likeness (QED) is 0.300. The normalized spacial score (nSPS) is 23.0. The minimum Gasteiger partial charge on any atom is -0.379 e. The van der Waals surface area contributed by atoms with Gasteiger partial charge in [0.2, 0.25) is 0 Å². The first-order valence-corrected chi connectivity index (χ1v) is 3.13. The molecule has 0 aromatic rings. The van der Waals surface area contributed by atoms with Crippen molar-refractivity contribution in [1.29, 1.82) is 0 Å². The molecule has 56 valence electrons. The Morgan fingerprint density at radius 1 is 1.67 bits per heavy atom. The van der Waals surface area contributed by atoms with Crippen LogP contribution < -0.4 is 0 Å². The molecule has 2 nitrogen and oxygen atoms in total. The van der Waals surface area contributed by atoms with Crippen molar-refractivity contribution in [2.45, 2.75) is 19.4 Å². The number of ether oxygens (including phenoxy) is 2. The van der Waals surface area contributed by atoms with Crippen molar-refractivity contribution >= 4 is 11.0 Å². The van der Waals surface area contributed by atoms with E-state index in [0.29, 0.717) is 6.10 Å². The van der Waals surface area contributed by atoms with Crippen LogP contribution >= 0.6 is 0 Å². The van der Waals surface area contributed by atoms with E-state index in [0.717, 1.165) is 26.2 Å². The van der Waals surface area contributed by atoms with Crippen molar-refractivity contribution in [3.8, 4) is 0 Å². The third kappa shape index (κ3) is 4.63. The highest BCUT2D eigenvalue weighted by molar-refractivity contribution is 5.75. The van der Waals surface area contributed by atoms with Crippen LogP contribution in [-0.2, 0) is 9.47 Å². The van der Waals surface area contributed by atoms with Crippen LogP contribution in [-0.4, -0.2) is 36.9 Å². The van der Waals surface area contributed by atoms with Crippen LogP contribution in [0.15, 0.2) is 0 Å². The standard InChI is InChI=1S/C6H12O2.H4Si/c1-2-3-7-4-6-5-8-6;/h6H,2-5H2,1H3;1H4. The Kier molecular flexibility index (Phi) is 5.04. The van der Waals surface area contributed by atoms with Gasteiger partial charge in [0.15, 0.2) is 0 Å². The second-order valence-electron chi connectivity index (χ2n) is 2.03. The number of rotatable bonds is 4. The van der Waals surface area contributed by atoms with E-state index >= 15 is 0 Å². The Hall–Kier alpha value is 0.137. The lowest BCUT2D eigenvalue weighted by atomic mass is 10.5. The zero-order chi connectivity index (χ0) is 5.82. The number of epoxide rings is 1. The topological polar surface area (TPSA) is 21.8 Å². The van der Waals surface area contributed by atoms with Crippen LogP contribution in [0.3, 0.4) is 0 Å². The first-order chi connectivity index (χ1) is 3.93. The average molecular weight is 148 g/mol. The van der Waals surface area contributed by atoms with Crippen molar-refractivity contribution in [1.82, 2.24) is 0 Å². The fourth-order valence-corrected chi connectivity index (χ4v) is 0.523. The van der Waals surface area contributed by atoms with Gasteiger partial charge >= 0.3 is 0 Å². The van der Waals surface area contributed by atoms with E-state index in [1.54, 1.807) is 0 Å². The summed E-state index contributed by atoms with van der Waals surface area (Å²) in [7, 11) is 0. The second-order valence-corrected chi connectivity index (χ2v) is 2.03. The smallest absolute Gasteiger partial charge is 0.104 e. The monoisotopic (exact) mass is 148 g/mol. The molecule has 0 aliphatic carbocycles. The van der Waals surface area contributed by atoms with Gasteiger partial charge in [0, 0.05) is 6.61 Å². The van der Waals surface area contributed by atoms with Gasteiger partial charge in [-0.3, -0.25) is 0 Å². The zero-order valence-corrected chi connectivity index (χ0v) is 5.22. The minimum absolute atomic E-state index is 0. The van der Waals surface area contributed by atoms with Gasteiger partial charge < -0.3 is 9.47 Å². The van der Waals surface area contributed by atoms with E-state index in [1.165, 1.54) is 0 Å². The van der Waals surface area contributed by atoms with E-state index in [2.05, 4.69) is 6.92 Å². The zero-order valence-electron chi connectivity index (χ0n) is 5.22. The third-order valence-electron chi connectivity index (χ3n) is 1.05. The molecule has 3 heteroatoms. The Balaban J connectivity index is 0.000000640. The van der Waals surface area contributed by atoms with Gasteiger partial charge in [-0.2, -0.15) is 0 Å². The number of hydrogen-bond donors (Lipinski definition) is 0. The summed E-state index contributed by atoms with van der Waals surface area (Å²) in [5.41, 5.74) is 0. The lowest BCUT2D eigenvalue weighted by molar-refractivity contribution is 0.117. The summed E-state index contributed by atoms with van der Waals surface area (Å²) in [6.45, 7) is 4.69. The molecule has 1 heterocycles. The summed E-state index contributed by atoms with van der Waals surface area (Å²) in [6.07, 6.45) is 1.54. The van der Waals surface area contributed by atoms with E-state index in [-0.39, 0.29) is 11.0 Å². The van der Waals surface area contributed by atoms with Crippen LogP contribution in [0.1, 0.15) is 13.3 Å². The van der Waals surface area contributed by atoms with Crippen molar-refractivity contribution in [2.75, 3.05) is 19.8 Å². The molecule has 9 heavy (non-hydrogen) atoms. The molecule has 0 aromatic heterocycles. The molecule has 0 radical (unpaired) electrons. The highest BCUT2D eigenvalue weighted by Crippen LogP contribution is 2.08. The van der Waals surface area contributed by atoms with Gasteiger partial charge in [-0.1, -0.05) is 6.92 Å². The van der Waals surface area contributed by atoms with Gasteiger partial charge in [-0.25, -0.2) is 0 Å². The third-order valence-corrected chi connectivity index (χ3v) is 1.05. The largest absolute Gasteiger partial charge is 0.379 e. The van der Waals surface area contributed by atoms with Gasteiger partial charge in [0.25, 0.3) is 0 Å². The molecule has 0 saturated carbocycles. The second kappa shape index (κ2) is 4.96. The molecule has 0 spiro atoms. The van der Waals surface area contributed by atoms with Crippen LogP contribution in [0.5, 0.6) is 0 Å². The van der Waals surface area contributed by atoms with Crippen molar-refractivity contribution in [3.05, 3.63) is 0 Å². The molecule has 0 N–H and O–H groups in total. The Morgan fingerprint density at radius 3 is 2.78 bits per heavy atom. The molecule has 1 rings (SSSR count). The average Bonchev–Trinajstić information content (AvgIpc) is 2.51. The summed E-state index contributed by atoms with van der Waals surface area (Å²) in [4.78, 5) is 0. The predicted octanol–water partition coefficient (Wildman–Crippen LogP) is -0.640. The maximum Gasteiger partial charge on any atom is 0.104 e. The fourth-order valence-electron chi connectivity index (χ4n) is 0.523. The lowest BCUT2D eigenvalue weighted by Gasteiger charge is -1.95. The molecular formula is C6H16O2Si. The molecule has 1 aliphatic rings. The summed E-state index contributed by atoms with van der Waals surface area (Å²) in [5, 5.41) is 0. The minimum atomic E-state index is 0. The van der Waals surface area contributed by atoms with E-state index in [9.17, 15) is 0 Å². The van der Waals surface area contributed by atoms with Crippen LogP contribution in [0.25, 0.3) is 0 Å². The Bertz CT molecular complexity index is 64.1. The molecule has 0 bridgehead atoms. The van der Waals surface area contributed by atoms with Gasteiger partial charge in [-0.15, -0.1) is 0 Å². The molecule has 1 atom stereocenters. The van der Waals surface area contributed by atoms with Crippen molar-refractivity contribution in [3.63, 3.8) is 0 Å². The van der Waals surface area contributed by atoms with E-state index < -0.39 is 0 Å². The summed E-state index contributed by atoms with van der Waals surface area (Å²) >= 11 is 0. The Labute approximate surface area is 60.6 Å². The highest BCUT2D eigenvalue weighted by atomic mass is 28.1. The molecule has 0 aromatic carbocycles. The maximum absolute atomic E-state index is 5.18. The molecule has 1 saturated heterocycles. The van der Waals surface area contributed by atoms with Gasteiger partial charge in [0.05, 0.1) is 13.2 Å². The van der Waals surface area contributed by atoms with Crippen LogP contribution in [0.4, 0.5) is 0 Å². The van der Waals surface area contributed by atoms with E-state index in [4.69, 9.17) is 9.47 Å². The van der Waals surface area contributed by atoms with Crippen LogP contribution in [0, 0.1) is 0 Å². The summed E-state index contributed by atoms with van der Waals surface area (Å²) in [5.74, 6) is 0. The summed E-state index contributed by atoms with van der Waals surface area (Å²) < 4.78 is 10.1. The Morgan fingerprint density at radius 2 is 2.33 bits per heavy atom. The molecule has 1 aliphatic heterocycles.